The van der Waals surface area contributed by atoms with Crippen LogP contribution in [0.25, 0.3) is 0 Å². The van der Waals surface area contributed by atoms with E-state index in [9.17, 15) is 9.59 Å². The van der Waals surface area contributed by atoms with Gasteiger partial charge in [-0.15, -0.1) is 0 Å². The number of hydrogen-bond acceptors (Lipinski definition) is 2. The molecule has 2 fully saturated rings. The van der Waals surface area contributed by atoms with E-state index in [1.807, 2.05) is 11.0 Å². The Kier molecular flexibility index (Phi) is 6.11. The van der Waals surface area contributed by atoms with E-state index >= 15 is 0 Å². The minimum absolute atomic E-state index is 0.0328. The van der Waals surface area contributed by atoms with Crippen LogP contribution in [0.4, 0.5) is 0 Å². The van der Waals surface area contributed by atoms with E-state index in [-0.39, 0.29) is 23.8 Å². The summed E-state index contributed by atoms with van der Waals surface area (Å²) in [6.07, 6.45) is 7.79. The standard InChI is InChI=1S/C21H30N2O2/c1-16(24)23-14-12-19(13-15-23)21(25)22-20(17-8-4-2-5-9-17)18-10-6-3-7-11-18/h2,4-5,8-9,18-20H,3,6-7,10-15H2,1H3,(H,22,25). The molecule has 1 N–H and O–H groups in total. The van der Waals surface area contributed by atoms with Crippen molar-refractivity contribution in [3.63, 3.8) is 0 Å². The van der Waals surface area contributed by atoms with Crippen LogP contribution >= 0.6 is 0 Å². The monoisotopic (exact) mass is 342 g/mol. The number of amides is 2. The van der Waals surface area contributed by atoms with E-state index < -0.39 is 0 Å². The van der Waals surface area contributed by atoms with Gasteiger partial charge in [-0.2, -0.15) is 0 Å². The lowest BCUT2D eigenvalue weighted by Gasteiger charge is -2.35. The highest BCUT2D eigenvalue weighted by atomic mass is 16.2. The lowest BCUT2D eigenvalue weighted by Crippen LogP contribution is -2.44. The van der Waals surface area contributed by atoms with E-state index in [2.05, 4.69) is 29.6 Å². The van der Waals surface area contributed by atoms with E-state index in [1.54, 1.807) is 6.92 Å². The van der Waals surface area contributed by atoms with Crippen LogP contribution in [-0.2, 0) is 9.59 Å². The third kappa shape index (κ3) is 4.62. The Labute approximate surface area is 151 Å². The molecule has 3 rings (SSSR count). The van der Waals surface area contributed by atoms with Gasteiger partial charge in [-0.1, -0.05) is 49.6 Å². The average Bonchev–Trinajstić information content (AvgIpc) is 2.67. The molecule has 1 heterocycles. The van der Waals surface area contributed by atoms with Gasteiger partial charge in [0.1, 0.15) is 0 Å². The maximum atomic E-state index is 12.9. The molecule has 4 nitrogen and oxygen atoms in total. The molecule has 1 saturated carbocycles. The van der Waals surface area contributed by atoms with Crippen LogP contribution in [0, 0.1) is 11.8 Å². The van der Waals surface area contributed by atoms with Crippen LogP contribution in [0.2, 0.25) is 0 Å². The second-order valence-corrected chi connectivity index (χ2v) is 7.58. The lowest BCUT2D eigenvalue weighted by atomic mass is 9.80. The molecule has 1 aromatic carbocycles. The fourth-order valence-electron chi connectivity index (χ4n) is 4.33. The first-order valence-electron chi connectivity index (χ1n) is 9.76. The number of likely N-dealkylation sites (tertiary alicyclic amines) is 1. The molecule has 0 aromatic heterocycles. The highest BCUT2D eigenvalue weighted by molar-refractivity contribution is 5.80. The van der Waals surface area contributed by atoms with Crippen molar-refractivity contribution in [3.05, 3.63) is 35.9 Å². The summed E-state index contributed by atoms with van der Waals surface area (Å²) in [6, 6.07) is 10.5. The molecular weight excluding hydrogens is 312 g/mol. The van der Waals surface area contributed by atoms with Gasteiger partial charge in [0.25, 0.3) is 0 Å². The molecule has 1 aliphatic carbocycles. The molecule has 0 radical (unpaired) electrons. The average molecular weight is 342 g/mol. The van der Waals surface area contributed by atoms with Crippen molar-refractivity contribution in [2.45, 2.75) is 57.9 Å². The van der Waals surface area contributed by atoms with Crippen molar-refractivity contribution >= 4 is 11.8 Å². The second-order valence-electron chi connectivity index (χ2n) is 7.58. The fraction of sp³-hybridized carbons (Fsp3) is 0.619. The Bertz CT molecular complexity index is 573. The maximum absolute atomic E-state index is 12.9. The van der Waals surface area contributed by atoms with Crippen molar-refractivity contribution in [1.29, 1.82) is 0 Å². The Hall–Kier alpha value is -1.84. The second kappa shape index (κ2) is 8.50. The predicted octanol–water partition coefficient (Wildman–Crippen LogP) is 3.68. The summed E-state index contributed by atoms with van der Waals surface area (Å²) in [5.74, 6) is 0.855. The number of piperidine rings is 1. The van der Waals surface area contributed by atoms with Crippen LogP contribution in [0.1, 0.15) is 63.5 Å². The molecule has 136 valence electrons. The number of nitrogens with one attached hydrogen (secondary N) is 1. The summed E-state index contributed by atoms with van der Waals surface area (Å²) in [5, 5.41) is 3.37. The van der Waals surface area contributed by atoms with Crippen LogP contribution in [0.15, 0.2) is 30.3 Å². The van der Waals surface area contributed by atoms with Crippen LogP contribution in [-0.4, -0.2) is 29.8 Å². The summed E-state index contributed by atoms with van der Waals surface area (Å²) in [6.45, 7) is 3.01. The summed E-state index contributed by atoms with van der Waals surface area (Å²) in [5.41, 5.74) is 1.23. The normalized spacial score (nSPS) is 20.9. The van der Waals surface area contributed by atoms with Gasteiger partial charge in [0.05, 0.1) is 6.04 Å². The van der Waals surface area contributed by atoms with Gasteiger partial charge in [0.2, 0.25) is 11.8 Å². The molecule has 4 heteroatoms. The number of nitrogens with zero attached hydrogens (tertiary/aromatic N) is 1. The Morgan fingerprint density at radius 1 is 1.00 bits per heavy atom. The molecule has 0 spiro atoms. The molecule has 2 aliphatic rings. The fourth-order valence-corrected chi connectivity index (χ4v) is 4.33. The largest absolute Gasteiger partial charge is 0.349 e. The molecule has 1 aliphatic heterocycles. The van der Waals surface area contributed by atoms with E-state index in [0.717, 1.165) is 12.8 Å². The van der Waals surface area contributed by atoms with Gasteiger partial charge in [-0.25, -0.2) is 0 Å². The number of hydrogen-bond donors (Lipinski definition) is 1. The quantitative estimate of drug-likeness (QED) is 0.907. The molecule has 0 bridgehead atoms. The molecular formula is C21H30N2O2. The van der Waals surface area contributed by atoms with Gasteiger partial charge in [-0.3, -0.25) is 9.59 Å². The summed E-state index contributed by atoms with van der Waals surface area (Å²) < 4.78 is 0. The molecule has 2 amide bonds. The first kappa shape index (κ1) is 18.0. The Morgan fingerprint density at radius 3 is 2.24 bits per heavy atom. The minimum atomic E-state index is 0.0328. The zero-order chi connectivity index (χ0) is 17.6. The third-order valence-electron chi connectivity index (χ3n) is 5.89. The summed E-state index contributed by atoms with van der Waals surface area (Å²) in [4.78, 5) is 26.2. The third-order valence-corrected chi connectivity index (χ3v) is 5.89. The summed E-state index contributed by atoms with van der Waals surface area (Å²) in [7, 11) is 0. The molecule has 25 heavy (non-hydrogen) atoms. The van der Waals surface area contributed by atoms with E-state index in [0.29, 0.717) is 19.0 Å². The van der Waals surface area contributed by atoms with Gasteiger partial charge in [0, 0.05) is 25.9 Å². The number of carbonyl (C=O) groups excluding carboxylic acids is 2. The highest BCUT2D eigenvalue weighted by Gasteiger charge is 2.31. The highest BCUT2D eigenvalue weighted by Crippen LogP contribution is 2.35. The number of rotatable bonds is 4. The summed E-state index contributed by atoms with van der Waals surface area (Å²) >= 11 is 0. The van der Waals surface area contributed by atoms with Crippen molar-refractivity contribution < 1.29 is 9.59 Å². The van der Waals surface area contributed by atoms with Crippen molar-refractivity contribution in [1.82, 2.24) is 10.2 Å². The zero-order valence-corrected chi connectivity index (χ0v) is 15.2. The predicted molar refractivity (Wildman–Crippen MR) is 98.9 cm³/mol. The molecule has 1 saturated heterocycles. The van der Waals surface area contributed by atoms with Gasteiger partial charge < -0.3 is 10.2 Å². The van der Waals surface area contributed by atoms with E-state index in [4.69, 9.17) is 0 Å². The van der Waals surface area contributed by atoms with Crippen molar-refractivity contribution in [2.75, 3.05) is 13.1 Å². The first-order chi connectivity index (χ1) is 12.1. The molecule has 1 unspecified atom stereocenters. The van der Waals surface area contributed by atoms with Crippen LogP contribution in [0.3, 0.4) is 0 Å². The van der Waals surface area contributed by atoms with Crippen LogP contribution < -0.4 is 5.32 Å². The van der Waals surface area contributed by atoms with Crippen molar-refractivity contribution in [2.24, 2.45) is 11.8 Å². The van der Waals surface area contributed by atoms with Gasteiger partial charge in [0.15, 0.2) is 0 Å². The van der Waals surface area contributed by atoms with Crippen LogP contribution in [0.5, 0.6) is 0 Å². The minimum Gasteiger partial charge on any atom is -0.349 e. The SMILES string of the molecule is CC(=O)N1CCC(C(=O)NC(c2ccccc2)C2CCCCC2)CC1. The first-order valence-corrected chi connectivity index (χ1v) is 9.76. The van der Waals surface area contributed by atoms with Gasteiger partial charge >= 0.3 is 0 Å². The smallest absolute Gasteiger partial charge is 0.223 e. The Morgan fingerprint density at radius 2 is 1.64 bits per heavy atom. The van der Waals surface area contributed by atoms with E-state index in [1.165, 1.54) is 37.7 Å². The maximum Gasteiger partial charge on any atom is 0.223 e. The zero-order valence-electron chi connectivity index (χ0n) is 15.2. The lowest BCUT2D eigenvalue weighted by molar-refractivity contribution is -0.134. The molecule has 1 atom stereocenters. The number of carbonyl (C=O) groups is 2. The van der Waals surface area contributed by atoms with Crippen molar-refractivity contribution in [3.8, 4) is 0 Å². The topological polar surface area (TPSA) is 49.4 Å². The Balaban J connectivity index is 1.65. The number of benzene rings is 1. The van der Waals surface area contributed by atoms with Gasteiger partial charge in [-0.05, 0) is 37.2 Å². The molecule has 1 aromatic rings.